The Labute approximate surface area is 133 Å². The minimum Gasteiger partial charge on any atom is -0.324 e. The van der Waals surface area contributed by atoms with Crippen molar-refractivity contribution in [2.24, 2.45) is 0 Å². The minimum atomic E-state index is -3.61. The summed E-state index contributed by atoms with van der Waals surface area (Å²) in [5.41, 5.74) is -0.0650. The predicted octanol–water partition coefficient (Wildman–Crippen LogP) is 0.981. The lowest BCUT2D eigenvalue weighted by atomic mass is 9.77. The fourth-order valence-electron chi connectivity index (χ4n) is 2.08. The highest BCUT2D eigenvalue weighted by atomic mass is 35.5. The van der Waals surface area contributed by atoms with Crippen LogP contribution in [0.4, 0.5) is 5.69 Å². The van der Waals surface area contributed by atoms with E-state index in [1.807, 2.05) is 4.72 Å². The number of amides is 2. The molecule has 1 aromatic carbocycles. The average molecular weight is 346 g/mol. The summed E-state index contributed by atoms with van der Waals surface area (Å²) in [6, 6.07) is 5.90. The van der Waals surface area contributed by atoms with Gasteiger partial charge in [0.05, 0.1) is 6.26 Å². The molecular formula is C13H16ClN3O4S. The molecule has 0 saturated heterocycles. The summed E-state index contributed by atoms with van der Waals surface area (Å²) >= 11 is 5.63. The highest BCUT2D eigenvalue weighted by Gasteiger charge is 2.43. The predicted molar refractivity (Wildman–Crippen MR) is 83.0 cm³/mol. The van der Waals surface area contributed by atoms with E-state index in [1.165, 1.54) is 24.3 Å². The maximum Gasteiger partial charge on any atom is 0.264 e. The molecule has 1 aliphatic rings. The van der Waals surface area contributed by atoms with Crippen molar-refractivity contribution in [3.8, 4) is 0 Å². The topological polar surface area (TPSA) is 104 Å². The molecule has 22 heavy (non-hydrogen) atoms. The Morgan fingerprint density at radius 3 is 2.18 bits per heavy atom. The Hall–Kier alpha value is -1.64. The first kappa shape index (κ1) is 16.7. The summed E-state index contributed by atoms with van der Waals surface area (Å²) in [5, 5.41) is 2.71. The van der Waals surface area contributed by atoms with Gasteiger partial charge in [-0.05, 0) is 55.3 Å². The average Bonchev–Trinajstić information content (AvgIpc) is 2.36. The van der Waals surface area contributed by atoms with Gasteiger partial charge in [-0.15, -0.1) is 0 Å². The first-order valence-electron chi connectivity index (χ1n) is 6.57. The fraction of sp³-hybridized carbons (Fsp3) is 0.385. The van der Waals surface area contributed by atoms with E-state index in [2.05, 4.69) is 10.2 Å². The quantitative estimate of drug-likeness (QED) is 0.690. The Balaban J connectivity index is 2.03. The summed E-state index contributed by atoms with van der Waals surface area (Å²) in [5.74, 6) is -0.958. The third kappa shape index (κ3) is 3.76. The van der Waals surface area contributed by atoms with E-state index in [1.54, 1.807) is 0 Å². The molecule has 0 aromatic heterocycles. The maximum absolute atomic E-state index is 12.1. The third-order valence-corrected chi connectivity index (χ3v) is 4.42. The van der Waals surface area contributed by atoms with Gasteiger partial charge < -0.3 is 5.32 Å². The van der Waals surface area contributed by atoms with Gasteiger partial charge in [0.25, 0.3) is 5.91 Å². The van der Waals surface area contributed by atoms with Crippen molar-refractivity contribution < 1.29 is 18.0 Å². The van der Waals surface area contributed by atoms with E-state index in [9.17, 15) is 18.0 Å². The summed E-state index contributed by atoms with van der Waals surface area (Å²) in [6.07, 6.45) is 3.16. The molecule has 2 amide bonds. The van der Waals surface area contributed by atoms with Crippen LogP contribution in [0.15, 0.2) is 24.3 Å². The van der Waals surface area contributed by atoms with Gasteiger partial charge in [0, 0.05) is 11.3 Å². The number of anilines is 1. The maximum atomic E-state index is 12.1. The number of benzene rings is 1. The SMILES string of the molecule is CS(=O)(=O)NC(=O)c1ccc(NC(=O)C2(NCl)CCC2)cc1. The summed E-state index contributed by atoms with van der Waals surface area (Å²) in [4.78, 5) is 26.3. The minimum absolute atomic E-state index is 0.178. The van der Waals surface area contributed by atoms with E-state index in [4.69, 9.17) is 11.8 Å². The van der Waals surface area contributed by atoms with Gasteiger partial charge in [0.1, 0.15) is 5.54 Å². The van der Waals surface area contributed by atoms with Crippen molar-refractivity contribution in [1.82, 2.24) is 9.56 Å². The Kier molecular flexibility index (Phi) is 4.74. The van der Waals surface area contributed by atoms with Gasteiger partial charge in [0.2, 0.25) is 15.9 Å². The molecule has 2 rings (SSSR count). The van der Waals surface area contributed by atoms with Gasteiger partial charge in [-0.2, -0.15) is 0 Å². The van der Waals surface area contributed by atoms with Crippen LogP contribution in [0.2, 0.25) is 0 Å². The van der Waals surface area contributed by atoms with Gasteiger partial charge in [-0.1, -0.05) is 0 Å². The zero-order chi connectivity index (χ0) is 16.4. The molecular weight excluding hydrogens is 330 g/mol. The van der Waals surface area contributed by atoms with Crippen LogP contribution in [0.25, 0.3) is 0 Å². The van der Waals surface area contributed by atoms with E-state index < -0.39 is 21.5 Å². The molecule has 7 nitrogen and oxygen atoms in total. The zero-order valence-corrected chi connectivity index (χ0v) is 13.4. The molecule has 0 radical (unpaired) electrons. The highest BCUT2D eigenvalue weighted by Crippen LogP contribution is 2.33. The fourth-order valence-corrected chi connectivity index (χ4v) is 2.81. The first-order chi connectivity index (χ1) is 10.3. The lowest BCUT2D eigenvalue weighted by Crippen LogP contribution is -2.56. The molecule has 0 atom stereocenters. The smallest absolute Gasteiger partial charge is 0.264 e. The van der Waals surface area contributed by atoms with Crippen molar-refractivity contribution in [1.29, 1.82) is 0 Å². The zero-order valence-electron chi connectivity index (χ0n) is 11.8. The van der Waals surface area contributed by atoms with Gasteiger partial charge in [0.15, 0.2) is 0 Å². The van der Waals surface area contributed by atoms with E-state index in [0.717, 1.165) is 12.7 Å². The number of hydrogen-bond acceptors (Lipinski definition) is 5. The number of rotatable bonds is 5. The van der Waals surface area contributed by atoms with Crippen molar-refractivity contribution >= 4 is 39.3 Å². The van der Waals surface area contributed by atoms with Crippen LogP contribution in [-0.2, 0) is 14.8 Å². The van der Waals surface area contributed by atoms with Crippen LogP contribution in [0.1, 0.15) is 29.6 Å². The van der Waals surface area contributed by atoms with Crippen LogP contribution >= 0.6 is 11.8 Å². The van der Waals surface area contributed by atoms with Gasteiger partial charge in [-0.3, -0.25) is 9.59 Å². The standard InChI is InChI=1S/C13H16ClN3O4S/c1-22(20,21)16-11(18)9-3-5-10(6-4-9)15-12(19)13(17-14)7-2-8-13/h3-6,17H,2,7-8H2,1H3,(H,15,19)(H,16,18). The number of halogens is 1. The molecule has 3 N–H and O–H groups in total. The summed E-state index contributed by atoms with van der Waals surface area (Å²) in [6.45, 7) is 0. The van der Waals surface area contributed by atoms with Crippen molar-refractivity contribution in [3.63, 3.8) is 0 Å². The number of sulfonamides is 1. The van der Waals surface area contributed by atoms with E-state index >= 15 is 0 Å². The monoisotopic (exact) mass is 345 g/mol. The normalized spacial score (nSPS) is 16.5. The van der Waals surface area contributed by atoms with Crippen LogP contribution in [-0.4, -0.2) is 32.0 Å². The molecule has 1 saturated carbocycles. The molecule has 0 heterocycles. The molecule has 0 bridgehead atoms. The largest absolute Gasteiger partial charge is 0.324 e. The van der Waals surface area contributed by atoms with Crippen LogP contribution in [0.5, 0.6) is 0 Å². The Morgan fingerprint density at radius 1 is 1.18 bits per heavy atom. The van der Waals surface area contributed by atoms with Crippen molar-refractivity contribution in [3.05, 3.63) is 29.8 Å². The van der Waals surface area contributed by atoms with Crippen molar-refractivity contribution in [2.75, 3.05) is 11.6 Å². The third-order valence-electron chi connectivity index (χ3n) is 3.51. The molecule has 1 aliphatic carbocycles. The Morgan fingerprint density at radius 2 is 1.77 bits per heavy atom. The van der Waals surface area contributed by atoms with Crippen LogP contribution in [0, 0.1) is 0 Å². The summed E-state index contributed by atoms with van der Waals surface area (Å²) in [7, 11) is -3.61. The van der Waals surface area contributed by atoms with Crippen LogP contribution in [0.3, 0.4) is 0 Å². The second-order valence-corrected chi connectivity index (χ2v) is 7.20. The Bertz CT molecular complexity index is 678. The second kappa shape index (κ2) is 6.23. The molecule has 0 unspecified atom stereocenters. The van der Waals surface area contributed by atoms with E-state index in [0.29, 0.717) is 18.5 Å². The second-order valence-electron chi connectivity index (χ2n) is 5.26. The van der Waals surface area contributed by atoms with Gasteiger partial charge >= 0.3 is 0 Å². The van der Waals surface area contributed by atoms with Crippen LogP contribution < -0.4 is 14.9 Å². The number of nitrogens with one attached hydrogen (secondary N) is 3. The molecule has 1 fully saturated rings. The molecule has 1 aromatic rings. The molecule has 9 heteroatoms. The number of carbonyl (C=O) groups excluding carboxylic acids is 2. The lowest BCUT2D eigenvalue weighted by Gasteiger charge is -2.38. The summed E-state index contributed by atoms with van der Waals surface area (Å²) < 4.78 is 23.9. The van der Waals surface area contributed by atoms with Crippen molar-refractivity contribution in [2.45, 2.75) is 24.8 Å². The van der Waals surface area contributed by atoms with Gasteiger partial charge in [-0.25, -0.2) is 18.0 Å². The highest BCUT2D eigenvalue weighted by molar-refractivity contribution is 7.89. The number of carbonyl (C=O) groups is 2. The number of hydrogen-bond donors (Lipinski definition) is 3. The molecule has 0 spiro atoms. The lowest BCUT2D eigenvalue weighted by molar-refractivity contribution is -0.124. The molecule has 120 valence electrons. The van der Waals surface area contributed by atoms with E-state index in [-0.39, 0.29) is 11.5 Å². The molecule has 0 aliphatic heterocycles. The first-order valence-corrected chi connectivity index (χ1v) is 8.84.